The van der Waals surface area contributed by atoms with Gasteiger partial charge in [-0.15, -0.1) is 12.4 Å². The van der Waals surface area contributed by atoms with Crippen LogP contribution in [0.1, 0.15) is 30.5 Å². The molecule has 0 bridgehead atoms. The number of aliphatic hydroxyl groups excluding tert-OH is 1. The Morgan fingerprint density at radius 1 is 1.19 bits per heavy atom. The summed E-state index contributed by atoms with van der Waals surface area (Å²) >= 11 is 0. The van der Waals surface area contributed by atoms with Gasteiger partial charge in [0.05, 0.1) is 11.3 Å². The zero-order valence-electron chi connectivity index (χ0n) is 15.1. The van der Waals surface area contributed by atoms with Crippen molar-refractivity contribution in [2.75, 3.05) is 6.61 Å². The van der Waals surface area contributed by atoms with Crippen molar-refractivity contribution in [1.29, 1.82) is 0 Å². The van der Waals surface area contributed by atoms with Crippen LogP contribution in [0, 0.1) is 5.92 Å². The van der Waals surface area contributed by atoms with Gasteiger partial charge in [-0.2, -0.15) is 18.3 Å². The molecule has 150 valence electrons. The number of halogens is 4. The van der Waals surface area contributed by atoms with Crippen molar-refractivity contribution in [3.63, 3.8) is 0 Å². The van der Waals surface area contributed by atoms with Gasteiger partial charge in [0.15, 0.2) is 0 Å². The summed E-state index contributed by atoms with van der Waals surface area (Å²) in [6.07, 6.45) is -4.29. The Morgan fingerprint density at radius 2 is 1.78 bits per heavy atom. The summed E-state index contributed by atoms with van der Waals surface area (Å²) in [5, 5.41) is 13.7. The van der Waals surface area contributed by atoms with Gasteiger partial charge in [-0.25, -0.2) is 4.68 Å². The van der Waals surface area contributed by atoms with Gasteiger partial charge in [0.1, 0.15) is 0 Å². The first-order chi connectivity index (χ1) is 12.2. The van der Waals surface area contributed by atoms with Crippen LogP contribution in [0.3, 0.4) is 0 Å². The molecule has 0 saturated heterocycles. The minimum Gasteiger partial charge on any atom is -0.396 e. The third kappa shape index (κ3) is 5.31. The lowest BCUT2D eigenvalue weighted by molar-refractivity contribution is -0.137. The second kappa shape index (κ2) is 9.34. The first kappa shape index (κ1) is 23.1. The molecule has 2 rings (SSSR count). The molecule has 0 aliphatic heterocycles. The molecule has 0 amide bonds. The largest absolute Gasteiger partial charge is 0.416 e. The summed E-state index contributed by atoms with van der Waals surface area (Å²) in [7, 11) is 0. The fraction of sp³-hybridized carbons (Fsp3) is 0.444. The highest BCUT2D eigenvalue weighted by atomic mass is 35.5. The summed E-state index contributed by atoms with van der Waals surface area (Å²) in [5.41, 5.74) is 6.24. The third-order valence-corrected chi connectivity index (χ3v) is 3.95. The van der Waals surface area contributed by atoms with Crippen molar-refractivity contribution in [3.8, 4) is 11.3 Å². The summed E-state index contributed by atoms with van der Waals surface area (Å²) in [6, 6.07) is 4.58. The Morgan fingerprint density at radius 3 is 2.22 bits per heavy atom. The number of rotatable bonds is 6. The van der Waals surface area contributed by atoms with E-state index in [0.717, 1.165) is 12.1 Å². The topological polar surface area (TPSA) is 81.1 Å². The molecule has 1 aromatic heterocycles. The number of hydrogen-bond donors (Lipinski definition) is 2. The maximum atomic E-state index is 12.8. The molecule has 5 nitrogen and oxygen atoms in total. The lowest BCUT2D eigenvalue weighted by atomic mass is 9.98. The quantitative estimate of drug-likeness (QED) is 0.774. The predicted molar refractivity (Wildman–Crippen MR) is 99.7 cm³/mol. The number of nitrogens with zero attached hydrogens (tertiary/aromatic N) is 2. The standard InChI is InChI=1S/C18H22F3N3O2.ClH/c1-11(2)10-24-17(26)15(9-22)14(7-8-25)16(23-24)12-3-5-13(6-4-12)18(19,20)21;/h3-6,11,25H,7-10,22H2,1-2H3;1H. The van der Waals surface area contributed by atoms with Crippen LogP contribution in [0.2, 0.25) is 0 Å². The monoisotopic (exact) mass is 405 g/mol. The first-order valence-corrected chi connectivity index (χ1v) is 8.30. The molecule has 0 aliphatic rings. The van der Waals surface area contributed by atoms with Crippen molar-refractivity contribution in [3.05, 3.63) is 51.3 Å². The van der Waals surface area contributed by atoms with E-state index in [0.29, 0.717) is 28.9 Å². The van der Waals surface area contributed by atoms with E-state index >= 15 is 0 Å². The highest BCUT2D eigenvalue weighted by Crippen LogP contribution is 2.31. The minimum atomic E-state index is -4.43. The lowest BCUT2D eigenvalue weighted by Crippen LogP contribution is -2.32. The summed E-state index contributed by atoms with van der Waals surface area (Å²) in [6.45, 7) is 3.95. The summed E-state index contributed by atoms with van der Waals surface area (Å²) in [4.78, 5) is 12.6. The van der Waals surface area contributed by atoms with Crippen molar-refractivity contribution in [2.24, 2.45) is 11.7 Å². The molecule has 0 fully saturated rings. The van der Waals surface area contributed by atoms with E-state index in [1.165, 1.54) is 16.8 Å². The number of benzene rings is 1. The number of alkyl halides is 3. The van der Waals surface area contributed by atoms with E-state index in [9.17, 15) is 23.1 Å². The van der Waals surface area contributed by atoms with E-state index in [1.54, 1.807) is 0 Å². The second-order valence-electron chi connectivity index (χ2n) is 6.44. The highest BCUT2D eigenvalue weighted by molar-refractivity contribution is 5.85. The second-order valence-corrected chi connectivity index (χ2v) is 6.44. The smallest absolute Gasteiger partial charge is 0.396 e. The van der Waals surface area contributed by atoms with Crippen molar-refractivity contribution in [1.82, 2.24) is 9.78 Å². The molecule has 0 atom stereocenters. The molecule has 1 aromatic carbocycles. The minimum absolute atomic E-state index is 0. The van der Waals surface area contributed by atoms with Gasteiger partial charge in [0.2, 0.25) is 0 Å². The number of aromatic nitrogens is 2. The molecule has 0 unspecified atom stereocenters. The molecule has 3 N–H and O–H groups in total. The number of hydrogen-bond acceptors (Lipinski definition) is 4. The molecule has 1 heterocycles. The van der Waals surface area contributed by atoms with Crippen LogP contribution >= 0.6 is 12.4 Å². The van der Waals surface area contributed by atoms with Crippen molar-refractivity contribution >= 4 is 12.4 Å². The molecule has 0 saturated carbocycles. The molecule has 9 heteroatoms. The van der Waals surface area contributed by atoms with Gasteiger partial charge in [-0.1, -0.05) is 26.0 Å². The van der Waals surface area contributed by atoms with E-state index in [-0.39, 0.29) is 43.5 Å². The normalized spacial score (nSPS) is 11.6. The Kier molecular flexibility index (Phi) is 8.01. The molecular formula is C18H23ClF3N3O2. The van der Waals surface area contributed by atoms with E-state index < -0.39 is 11.7 Å². The lowest BCUT2D eigenvalue weighted by Gasteiger charge is -2.17. The van der Waals surface area contributed by atoms with Gasteiger partial charge < -0.3 is 10.8 Å². The average molecular weight is 406 g/mol. The summed E-state index contributed by atoms with van der Waals surface area (Å²) < 4.78 is 39.7. The van der Waals surface area contributed by atoms with Gasteiger partial charge >= 0.3 is 6.18 Å². The Bertz CT molecular complexity index is 818. The zero-order chi connectivity index (χ0) is 19.5. The van der Waals surface area contributed by atoms with Gasteiger partial charge in [0.25, 0.3) is 5.56 Å². The van der Waals surface area contributed by atoms with Crippen LogP contribution in [-0.2, 0) is 25.7 Å². The van der Waals surface area contributed by atoms with E-state index in [4.69, 9.17) is 5.73 Å². The summed E-state index contributed by atoms with van der Waals surface area (Å²) in [5.74, 6) is 0.148. The molecule has 0 spiro atoms. The Labute approximate surface area is 161 Å². The molecule has 0 radical (unpaired) electrons. The van der Waals surface area contributed by atoms with E-state index in [2.05, 4.69) is 5.10 Å². The van der Waals surface area contributed by atoms with Crippen LogP contribution in [0.4, 0.5) is 13.2 Å². The van der Waals surface area contributed by atoms with Crippen LogP contribution in [0.25, 0.3) is 11.3 Å². The molecule has 27 heavy (non-hydrogen) atoms. The maximum Gasteiger partial charge on any atom is 0.416 e. The fourth-order valence-corrected chi connectivity index (χ4v) is 2.76. The van der Waals surface area contributed by atoms with Crippen LogP contribution in [0.15, 0.2) is 29.1 Å². The third-order valence-electron chi connectivity index (χ3n) is 3.95. The van der Waals surface area contributed by atoms with Gasteiger partial charge in [-0.3, -0.25) is 4.79 Å². The highest BCUT2D eigenvalue weighted by Gasteiger charge is 2.30. The van der Waals surface area contributed by atoms with Gasteiger partial charge in [-0.05, 0) is 30.0 Å². The SMILES string of the molecule is CC(C)Cn1nc(-c2ccc(C(F)(F)F)cc2)c(CCO)c(CN)c1=O.Cl. The first-order valence-electron chi connectivity index (χ1n) is 8.30. The van der Waals surface area contributed by atoms with Crippen LogP contribution < -0.4 is 11.3 Å². The van der Waals surface area contributed by atoms with Crippen LogP contribution in [-0.4, -0.2) is 21.5 Å². The molecular weight excluding hydrogens is 383 g/mol. The Hall–Kier alpha value is -1.90. The maximum absolute atomic E-state index is 12.8. The molecule has 0 aliphatic carbocycles. The Balaban J connectivity index is 0.00000364. The average Bonchev–Trinajstić information content (AvgIpc) is 2.57. The van der Waals surface area contributed by atoms with Crippen LogP contribution in [0.5, 0.6) is 0 Å². The zero-order valence-corrected chi connectivity index (χ0v) is 15.9. The number of nitrogens with two attached hydrogens (primary N) is 1. The number of aliphatic hydroxyl groups is 1. The fourth-order valence-electron chi connectivity index (χ4n) is 2.76. The predicted octanol–water partition coefficient (Wildman–Crippen LogP) is 3.00. The molecule has 2 aromatic rings. The van der Waals surface area contributed by atoms with Crippen molar-refractivity contribution in [2.45, 2.75) is 39.5 Å². The van der Waals surface area contributed by atoms with E-state index in [1.807, 2.05) is 13.8 Å². The van der Waals surface area contributed by atoms with Gasteiger partial charge in [0, 0.05) is 30.8 Å². The van der Waals surface area contributed by atoms with Crippen molar-refractivity contribution < 1.29 is 18.3 Å².